The van der Waals surface area contributed by atoms with Gasteiger partial charge in [-0.15, -0.1) is 0 Å². The Labute approximate surface area is 230 Å². The normalized spacial score (nSPS) is 15.8. The number of ether oxygens (including phenoxy) is 2. The molecule has 0 saturated heterocycles. The average Bonchev–Trinajstić information content (AvgIpc) is 2.94. The van der Waals surface area contributed by atoms with Crippen molar-refractivity contribution in [3.8, 4) is 11.8 Å². The Hall–Kier alpha value is -4.13. The minimum atomic E-state index is -4.55. The molecule has 13 heteroatoms. The lowest BCUT2D eigenvalue weighted by atomic mass is 10.2. The molecular formula is C27H32F3N7O3. The van der Waals surface area contributed by atoms with E-state index in [2.05, 4.69) is 42.7 Å². The van der Waals surface area contributed by atoms with Crippen LogP contribution >= 0.6 is 0 Å². The number of carbonyl (C=O) groups is 1. The fraction of sp³-hybridized carbons (Fsp3) is 0.407. The molecule has 0 unspecified atom stereocenters. The molecule has 4 aliphatic rings. The third-order valence-electron chi connectivity index (χ3n) is 6.03. The van der Waals surface area contributed by atoms with Crippen LogP contribution in [0.1, 0.15) is 35.7 Å². The molecule has 3 aromatic rings. The fourth-order valence-corrected chi connectivity index (χ4v) is 3.93. The Morgan fingerprint density at radius 2 is 1.68 bits per heavy atom. The van der Waals surface area contributed by atoms with E-state index in [4.69, 9.17) is 9.47 Å². The summed E-state index contributed by atoms with van der Waals surface area (Å²) >= 11 is 0. The highest BCUT2D eigenvalue weighted by Crippen LogP contribution is 2.21. The summed E-state index contributed by atoms with van der Waals surface area (Å²) in [5.41, 5.74) is 1.89. The van der Waals surface area contributed by atoms with Crippen LogP contribution < -0.4 is 25.4 Å². The van der Waals surface area contributed by atoms with Gasteiger partial charge in [-0.05, 0) is 67.9 Å². The van der Waals surface area contributed by atoms with Gasteiger partial charge in [0.25, 0.3) is 5.91 Å². The zero-order valence-corrected chi connectivity index (χ0v) is 22.1. The molecule has 1 aromatic heterocycles. The number of hydrogen-bond donors (Lipinski definition) is 3. The number of amides is 1. The van der Waals surface area contributed by atoms with Gasteiger partial charge in [0.15, 0.2) is 6.61 Å². The average molecular weight is 560 g/mol. The highest BCUT2D eigenvalue weighted by Gasteiger charge is 2.29. The third-order valence-corrected chi connectivity index (χ3v) is 6.03. The number of rotatable bonds is 3. The second-order valence-electron chi connectivity index (χ2n) is 9.11. The first-order chi connectivity index (χ1) is 19.3. The van der Waals surface area contributed by atoms with Gasteiger partial charge in [0.05, 0.1) is 6.61 Å². The largest absolute Gasteiger partial charge is 0.494 e. The molecular weight excluding hydrogens is 527 g/mol. The molecule has 2 aromatic carbocycles. The van der Waals surface area contributed by atoms with Crippen molar-refractivity contribution < 1.29 is 27.4 Å². The van der Waals surface area contributed by atoms with Gasteiger partial charge in [-0.2, -0.15) is 28.1 Å². The molecule has 40 heavy (non-hydrogen) atoms. The molecule has 214 valence electrons. The molecule has 0 aliphatic carbocycles. The lowest BCUT2D eigenvalue weighted by molar-refractivity contribution is -0.154. The van der Waals surface area contributed by atoms with Crippen molar-refractivity contribution in [2.24, 2.45) is 0 Å². The standard InChI is InChI=1S/C27H32F3N7O3/c1-2-37-14-3-13-31-23(38)20-7-9-21(10-8-20)33-25-34-24(35-26(36-25)40-18-27(28,29)30)32-17-19-5-11-22(12-6-19)39-16-4-15-37/h5-12H,2-4,13-18H2,1H3,(H,31,38)(H2,32,33,34,35,36). The summed E-state index contributed by atoms with van der Waals surface area (Å²) in [6.45, 7) is 4.66. The van der Waals surface area contributed by atoms with E-state index in [1.165, 1.54) is 0 Å². The number of benzene rings is 2. The second kappa shape index (κ2) is 13.8. The summed E-state index contributed by atoms with van der Waals surface area (Å²) in [7, 11) is 0. The van der Waals surface area contributed by atoms with E-state index < -0.39 is 18.8 Å². The Bertz CT molecular complexity index is 1240. The van der Waals surface area contributed by atoms with Crippen LogP contribution in [0.15, 0.2) is 48.5 Å². The van der Waals surface area contributed by atoms with Gasteiger partial charge in [0, 0.05) is 30.9 Å². The Kier molecular flexibility index (Phi) is 9.95. The molecule has 0 radical (unpaired) electrons. The van der Waals surface area contributed by atoms with Gasteiger partial charge in [-0.25, -0.2) is 0 Å². The van der Waals surface area contributed by atoms with E-state index in [1.807, 2.05) is 24.3 Å². The molecule has 6 bridgehead atoms. The number of anilines is 3. The zero-order valence-electron chi connectivity index (χ0n) is 22.1. The van der Waals surface area contributed by atoms with Crippen LogP contribution in [0.5, 0.6) is 11.8 Å². The first-order valence-corrected chi connectivity index (χ1v) is 13.1. The van der Waals surface area contributed by atoms with E-state index in [0.717, 1.165) is 43.8 Å². The van der Waals surface area contributed by atoms with E-state index in [9.17, 15) is 18.0 Å². The van der Waals surface area contributed by atoms with Gasteiger partial charge in [-0.1, -0.05) is 19.1 Å². The second-order valence-corrected chi connectivity index (χ2v) is 9.11. The Morgan fingerprint density at radius 3 is 2.40 bits per heavy atom. The minimum Gasteiger partial charge on any atom is -0.494 e. The summed E-state index contributed by atoms with van der Waals surface area (Å²) in [5, 5.41) is 8.86. The molecule has 1 amide bonds. The number of carbonyl (C=O) groups excluding carboxylic acids is 1. The minimum absolute atomic E-state index is 0.0226. The van der Waals surface area contributed by atoms with Crippen molar-refractivity contribution in [1.82, 2.24) is 25.2 Å². The number of nitrogens with zero attached hydrogens (tertiary/aromatic N) is 4. The lowest BCUT2D eigenvalue weighted by Crippen LogP contribution is -2.31. The number of nitrogens with one attached hydrogen (secondary N) is 3. The van der Waals surface area contributed by atoms with Crippen molar-refractivity contribution in [2.75, 3.05) is 50.0 Å². The third kappa shape index (κ3) is 9.26. The van der Waals surface area contributed by atoms with Crippen LogP contribution in [0.4, 0.5) is 30.8 Å². The molecule has 7 rings (SSSR count). The summed E-state index contributed by atoms with van der Waals surface area (Å²) in [6.07, 6.45) is -2.87. The van der Waals surface area contributed by atoms with E-state index in [0.29, 0.717) is 30.9 Å². The summed E-state index contributed by atoms with van der Waals surface area (Å²) in [5.74, 6) is 0.549. The van der Waals surface area contributed by atoms with E-state index in [1.54, 1.807) is 24.3 Å². The van der Waals surface area contributed by atoms with Crippen LogP contribution in [0.25, 0.3) is 0 Å². The Balaban J connectivity index is 1.54. The van der Waals surface area contributed by atoms with Gasteiger partial charge in [0.1, 0.15) is 5.75 Å². The molecule has 10 nitrogen and oxygen atoms in total. The molecule has 0 saturated carbocycles. The van der Waals surface area contributed by atoms with Gasteiger partial charge in [-0.3, -0.25) is 4.79 Å². The fourth-order valence-electron chi connectivity index (χ4n) is 3.93. The van der Waals surface area contributed by atoms with Crippen molar-refractivity contribution in [3.05, 3.63) is 59.7 Å². The maximum Gasteiger partial charge on any atom is 0.422 e. The highest BCUT2D eigenvalue weighted by atomic mass is 19.4. The van der Waals surface area contributed by atoms with Crippen molar-refractivity contribution >= 4 is 23.5 Å². The molecule has 4 aliphatic heterocycles. The quantitative estimate of drug-likeness (QED) is 0.430. The van der Waals surface area contributed by atoms with Crippen LogP contribution in [0, 0.1) is 0 Å². The Morgan fingerprint density at radius 1 is 0.950 bits per heavy atom. The van der Waals surface area contributed by atoms with Crippen molar-refractivity contribution in [3.63, 3.8) is 0 Å². The van der Waals surface area contributed by atoms with Gasteiger partial charge < -0.3 is 30.3 Å². The number of aromatic nitrogens is 3. The first kappa shape index (κ1) is 28.9. The smallest absolute Gasteiger partial charge is 0.422 e. The maximum absolute atomic E-state index is 12.7. The van der Waals surface area contributed by atoms with Crippen LogP contribution in [0.3, 0.4) is 0 Å². The van der Waals surface area contributed by atoms with Crippen molar-refractivity contribution in [2.45, 2.75) is 32.5 Å². The zero-order chi connectivity index (χ0) is 28.4. The molecule has 0 spiro atoms. The molecule has 0 atom stereocenters. The lowest BCUT2D eigenvalue weighted by Gasteiger charge is -2.20. The van der Waals surface area contributed by atoms with E-state index >= 15 is 0 Å². The highest BCUT2D eigenvalue weighted by molar-refractivity contribution is 5.94. The number of halogens is 3. The summed E-state index contributed by atoms with van der Waals surface area (Å²) < 4.78 is 48.8. The predicted octanol–water partition coefficient (Wildman–Crippen LogP) is 4.39. The molecule has 5 heterocycles. The number of hydrogen-bond acceptors (Lipinski definition) is 9. The van der Waals surface area contributed by atoms with Crippen LogP contribution in [-0.4, -0.2) is 71.3 Å². The van der Waals surface area contributed by atoms with Crippen LogP contribution in [0.2, 0.25) is 0 Å². The first-order valence-electron chi connectivity index (χ1n) is 13.1. The van der Waals surface area contributed by atoms with Crippen LogP contribution in [-0.2, 0) is 6.54 Å². The predicted molar refractivity (Wildman–Crippen MR) is 144 cm³/mol. The monoisotopic (exact) mass is 559 g/mol. The number of alkyl halides is 3. The van der Waals surface area contributed by atoms with Gasteiger partial charge in [0.2, 0.25) is 11.9 Å². The van der Waals surface area contributed by atoms with Gasteiger partial charge >= 0.3 is 12.2 Å². The molecule has 0 fully saturated rings. The molecule has 3 N–H and O–H groups in total. The maximum atomic E-state index is 12.7. The summed E-state index contributed by atoms with van der Waals surface area (Å²) in [4.78, 5) is 27.1. The van der Waals surface area contributed by atoms with E-state index in [-0.39, 0.29) is 17.8 Å². The topological polar surface area (TPSA) is 114 Å². The summed E-state index contributed by atoms with van der Waals surface area (Å²) in [6, 6.07) is 13.6. The van der Waals surface area contributed by atoms with Crippen molar-refractivity contribution in [1.29, 1.82) is 0 Å². The SMILES string of the molecule is CCN1CCCNC(=O)c2ccc(cc2)Nc2nc(nc(OCC(F)(F)F)n2)NCc2ccc(cc2)OCCC1.